The first-order chi connectivity index (χ1) is 13.5. The van der Waals surface area contributed by atoms with Crippen molar-refractivity contribution in [2.75, 3.05) is 31.1 Å². The standard InChI is InChI=1S/C20H30N6O2/c1-4-5-7-26-19-17(15(24-26)9-14(2)3)18(22-13-23-19)25-8-6-20(12-25)11-21-16(27)10-28-20/h13-14H,4-12H2,1-3H3,(H,21,27). The number of aryl methyl sites for hydroxylation is 1. The van der Waals surface area contributed by atoms with Gasteiger partial charge in [-0.2, -0.15) is 5.10 Å². The van der Waals surface area contributed by atoms with E-state index in [4.69, 9.17) is 9.84 Å². The third-order valence-corrected chi connectivity index (χ3v) is 5.64. The van der Waals surface area contributed by atoms with Crippen molar-refractivity contribution in [3.63, 3.8) is 0 Å². The lowest BCUT2D eigenvalue weighted by Crippen LogP contribution is -2.53. The first-order valence-corrected chi connectivity index (χ1v) is 10.4. The van der Waals surface area contributed by atoms with Crippen LogP contribution in [-0.2, 0) is 22.5 Å². The van der Waals surface area contributed by atoms with E-state index in [1.807, 2.05) is 4.68 Å². The van der Waals surface area contributed by atoms with Crippen LogP contribution in [0.4, 0.5) is 5.82 Å². The molecule has 1 N–H and O–H groups in total. The van der Waals surface area contributed by atoms with E-state index in [0.29, 0.717) is 12.5 Å². The summed E-state index contributed by atoms with van der Waals surface area (Å²) in [5.41, 5.74) is 1.69. The molecule has 2 aliphatic heterocycles. The van der Waals surface area contributed by atoms with Gasteiger partial charge in [-0.15, -0.1) is 0 Å². The summed E-state index contributed by atoms with van der Waals surface area (Å²) < 4.78 is 7.98. The van der Waals surface area contributed by atoms with Gasteiger partial charge in [0.15, 0.2) is 5.65 Å². The summed E-state index contributed by atoms with van der Waals surface area (Å²) in [6, 6.07) is 0. The van der Waals surface area contributed by atoms with Crippen LogP contribution in [0.3, 0.4) is 0 Å². The predicted octanol–water partition coefficient (Wildman–Crippen LogP) is 1.92. The maximum atomic E-state index is 11.5. The number of fused-ring (bicyclic) bond motifs is 1. The fraction of sp³-hybridized carbons (Fsp3) is 0.700. The molecule has 1 spiro atoms. The average Bonchev–Trinajstić information content (AvgIpc) is 3.25. The Bertz CT molecular complexity index is 852. The Balaban J connectivity index is 1.69. The Morgan fingerprint density at radius 2 is 2.21 bits per heavy atom. The number of carbonyl (C=O) groups excluding carboxylic acids is 1. The van der Waals surface area contributed by atoms with E-state index in [1.54, 1.807) is 6.33 Å². The number of nitrogens with one attached hydrogen (secondary N) is 1. The lowest BCUT2D eigenvalue weighted by atomic mass is 10.0. The summed E-state index contributed by atoms with van der Waals surface area (Å²) in [6.07, 6.45) is 5.63. The van der Waals surface area contributed by atoms with Crippen LogP contribution in [0, 0.1) is 5.92 Å². The molecule has 0 aliphatic carbocycles. The fourth-order valence-corrected chi connectivity index (χ4v) is 4.17. The van der Waals surface area contributed by atoms with E-state index < -0.39 is 0 Å². The van der Waals surface area contributed by atoms with E-state index in [-0.39, 0.29) is 18.1 Å². The summed E-state index contributed by atoms with van der Waals surface area (Å²) in [5, 5.41) is 8.93. The van der Waals surface area contributed by atoms with Gasteiger partial charge in [0, 0.05) is 19.6 Å². The minimum absolute atomic E-state index is 0.0371. The molecule has 0 aromatic carbocycles. The summed E-state index contributed by atoms with van der Waals surface area (Å²) in [6.45, 7) is 9.76. The quantitative estimate of drug-likeness (QED) is 0.816. The molecule has 1 atom stereocenters. The van der Waals surface area contributed by atoms with Gasteiger partial charge in [0.2, 0.25) is 5.91 Å². The number of hydrogen-bond donors (Lipinski definition) is 1. The number of nitrogens with zero attached hydrogens (tertiary/aromatic N) is 5. The summed E-state index contributed by atoms with van der Waals surface area (Å²) in [4.78, 5) is 23.0. The van der Waals surface area contributed by atoms with Crippen molar-refractivity contribution in [1.82, 2.24) is 25.1 Å². The van der Waals surface area contributed by atoms with Gasteiger partial charge in [-0.25, -0.2) is 14.6 Å². The monoisotopic (exact) mass is 386 g/mol. The molecular weight excluding hydrogens is 356 g/mol. The van der Waals surface area contributed by atoms with Crippen molar-refractivity contribution in [1.29, 1.82) is 0 Å². The number of morpholine rings is 1. The maximum Gasteiger partial charge on any atom is 0.246 e. The van der Waals surface area contributed by atoms with Crippen LogP contribution in [0.1, 0.15) is 45.7 Å². The second kappa shape index (κ2) is 7.66. The van der Waals surface area contributed by atoms with Gasteiger partial charge in [-0.05, 0) is 25.2 Å². The highest BCUT2D eigenvalue weighted by atomic mass is 16.5. The van der Waals surface area contributed by atoms with Crippen LogP contribution >= 0.6 is 0 Å². The molecule has 2 aromatic heterocycles. The highest BCUT2D eigenvalue weighted by Gasteiger charge is 2.43. The lowest BCUT2D eigenvalue weighted by Gasteiger charge is -2.33. The Labute approximate surface area is 165 Å². The maximum absolute atomic E-state index is 11.5. The van der Waals surface area contributed by atoms with Gasteiger partial charge in [0.1, 0.15) is 24.4 Å². The first-order valence-electron chi connectivity index (χ1n) is 10.4. The van der Waals surface area contributed by atoms with Crippen molar-refractivity contribution in [2.45, 2.75) is 58.6 Å². The molecule has 28 heavy (non-hydrogen) atoms. The van der Waals surface area contributed by atoms with E-state index in [1.165, 1.54) is 0 Å². The highest BCUT2D eigenvalue weighted by Crippen LogP contribution is 2.34. The van der Waals surface area contributed by atoms with E-state index >= 15 is 0 Å². The third kappa shape index (κ3) is 3.57. The average molecular weight is 387 g/mol. The molecule has 1 unspecified atom stereocenters. The van der Waals surface area contributed by atoms with Gasteiger partial charge >= 0.3 is 0 Å². The first kappa shape index (κ1) is 19.1. The molecular formula is C20H30N6O2. The van der Waals surface area contributed by atoms with Gasteiger partial charge in [-0.3, -0.25) is 4.79 Å². The molecule has 1 amide bonds. The van der Waals surface area contributed by atoms with Crippen LogP contribution in [0.15, 0.2) is 6.33 Å². The third-order valence-electron chi connectivity index (χ3n) is 5.64. The zero-order valence-corrected chi connectivity index (χ0v) is 17.1. The SMILES string of the molecule is CCCCn1nc(CC(C)C)c2c(N3CCC4(CNC(=O)CO4)C3)ncnc21. The molecule has 2 aliphatic rings. The number of aromatic nitrogens is 4. The number of rotatable bonds is 6. The molecule has 2 aromatic rings. The summed E-state index contributed by atoms with van der Waals surface area (Å²) in [5.74, 6) is 1.42. The van der Waals surface area contributed by atoms with Gasteiger partial charge in [0.25, 0.3) is 0 Å². The largest absolute Gasteiger partial charge is 0.361 e. The number of ether oxygens (including phenoxy) is 1. The van der Waals surface area contributed by atoms with E-state index in [2.05, 4.69) is 41.0 Å². The molecule has 8 nitrogen and oxygen atoms in total. The Morgan fingerprint density at radius 1 is 1.36 bits per heavy atom. The molecule has 0 radical (unpaired) electrons. The second-order valence-electron chi connectivity index (χ2n) is 8.44. The number of carbonyl (C=O) groups is 1. The van der Waals surface area contributed by atoms with Crippen LogP contribution < -0.4 is 10.2 Å². The number of unbranched alkanes of at least 4 members (excludes halogenated alkanes) is 1. The van der Waals surface area contributed by atoms with Crippen molar-refractivity contribution in [2.24, 2.45) is 5.92 Å². The topological polar surface area (TPSA) is 85.2 Å². The van der Waals surface area contributed by atoms with Crippen molar-refractivity contribution < 1.29 is 9.53 Å². The van der Waals surface area contributed by atoms with Gasteiger partial charge < -0.3 is 15.0 Å². The molecule has 4 heterocycles. The van der Waals surface area contributed by atoms with Crippen LogP contribution in [0.25, 0.3) is 11.0 Å². The van der Waals surface area contributed by atoms with Crippen molar-refractivity contribution in [3.05, 3.63) is 12.0 Å². The van der Waals surface area contributed by atoms with Crippen LogP contribution in [0.2, 0.25) is 0 Å². The zero-order chi connectivity index (χ0) is 19.7. The normalized spacial score (nSPS) is 22.6. The molecule has 2 saturated heterocycles. The smallest absolute Gasteiger partial charge is 0.246 e. The highest BCUT2D eigenvalue weighted by molar-refractivity contribution is 5.90. The van der Waals surface area contributed by atoms with E-state index in [0.717, 1.165) is 67.9 Å². The molecule has 0 saturated carbocycles. The minimum atomic E-state index is -0.318. The summed E-state index contributed by atoms with van der Waals surface area (Å²) >= 11 is 0. The molecule has 0 bridgehead atoms. The predicted molar refractivity (Wildman–Crippen MR) is 107 cm³/mol. The number of hydrogen-bond acceptors (Lipinski definition) is 6. The van der Waals surface area contributed by atoms with Crippen molar-refractivity contribution >= 4 is 22.8 Å². The minimum Gasteiger partial charge on any atom is -0.361 e. The number of amides is 1. The fourth-order valence-electron chi connectivity index (χ4n) is 4.17. The second-order valence-corrected chi connectivity index (χ2v) is 8.44. The summed E-state index contributed by atoms with van der Waals surface area (Å²) in [7, 11) is 0. The zero-order valence-electron chi connectivity index (χ0n) is 17.1. The molecule has 2 fully saturated rings. The van der Waals surface area contributed by atoms with Crippen molar-refractivity contribution in [3.8, 4) is 0 Å². The molecule has 8 heteroatoms. The molecule has 152 valence electrons. The van der Waals surface area contributed by atoms with Crippen LogP contribution in [-0.4, -0.2) is 57.5 Å². The van der Waals surface area contributed by atoms with E-state index in [9.17, 15) is 4.79 Å². The van der Waals surface area contributed by atoms with Gasteiger partial charge in [0.05, 0.1) is 17.6 Å². The Hall–Kier alpha value is -2.22. The van der Waals surface area contributed by atoms with Crippen LogP contribution in [0.5, 0.6) is 0 Å². The lowest BCUT2D eigenvalue weighted by molar-refractivity contribution is -0.141. The molecule has 4 rings (SSSR count). The Kier molecular flexibility index (Phi) is 5.23. The Morgan fingerprint density at radius 3 is 2.93 bits per heavy atom. The van der Waals surface area contributed by atoms with Gasteiger partial charge in [-0.1, -0.05) is 27.2 Å². The number of anilines is 1.